The van der Waals surface area contributed by atoms with Gasteiger partial charge in [-0.2, -0.15) is 9.52 Å². The van der Waals surface area contributed by atoms with Crippen LogP contribution in [-0.2, 0) is 10.0 Å². The van der Waals surface area contributed by atoms with Crippen LogP contribution in [0.2, 0.25) is 5.02 Å². The zero-order chi connectivity index (χ0) is 15.9. The van der Waals surface area contributed by atoms with Gasteiger partial charge < -0.3 is 4.42 Å². The molecule has 1 aromatic carbocycles. The van der Waals surface area contributed by atoms with Crippen molar-refractivity contribution in [3.8, 4) is 0 Å². The molecule has 1 aromatic heterocycles. The van der Waals surface area contributed by atoms with E-state index in [-0.39, 0.29) is 17.0 Å². The molecule has 1 aliphatic heterocycles. The Balaban J connectivity index is 2.09. The maximum atomic E-state index is 14.2. The highest BCUT2D eigenvalue weighted by atomic mass is 35.5. The molecule has 2 aromatic rings. The van der Waals surface area contributed by atoms with E-state index in [4.69, 9.17) is 16.0 Å². The van der Waals surface area contributed by atoms with Crippen molar-refractivity contribution in [3.63, 3.8) is 0 Å². The predicted octanol–water partition coefficient (Wildman–Crippen LogP) is 3.18. The second-order valence-electron chi connectivity index (χ2n) is 4.91. The van der Waals surface area contributed by atoms with E-state index in [0.29, 0.717) is 11.5 Å². The first-order valence-electron chi connectivity index (χ1n) is 6.42. The number of nitrogens with zero attached hydrogens (tertiary/aromatic N) is 2. The molecule has 116 valence electrons. The average molecular weight is 343 g/mol. The van der Waals surface area contributed by atoms with Crippen LogP contribution in [0.3, 0.4) is 0 Å². The molecule has 1 atom stereocenters. The minimum Gasteiger partial charge on any atom is -0.463 e. The van der Waals surface area contributed by atoms with Gasteiger partial charge in [-0.25, -0.2) is 12.8 Å². The molecule has 0 bridgehead atoms. The van der Waals surface area contributed by atoms with Crippen molar-refractivity contribution >= 4 is 27.3 Å². The molecule has 1 aliphatic rings. The smallest absolute Gasteiger partial charge is 0.247 e. The van der Waals surface area contributed by atoms with Crippen molar-refractivity contribution in [3.05, 3.63) is 58.8 Å². The van der Waals surface area contributed by atoms with Gasteiger partial charge in [-0.3, -0.25) is 0 Å². The number of rotatable bonds is 3. The van der Waals surface area contributed by atoms with Crippen LogP contribution in [-0.4, -0.2) is 24.8 Å². The van der Waals surface area contributed by atoms with Gasteiger partial charge in [0.2, 0.25) is 10.0 Å². The van der Waals surface area contributed by atoms with Crippen molar-refractivity contribution in [2.24, 2.45) is 5.10 Å². The van der Waals surface area contributed by atoms with Gasteiger partial charge >= 0.3 is 0 Å². The Labute approximate surface area is 132 Å². The Morgan fingerprint density at radius 3 is 2.73 bits per heavy atom. The number of sulfonamides is 1. The maximum absolute atomic E-state index is 14.2. The molecule has 0 radical (unpaired) electrons. The van der Waals surface area contributed by atoms with E-state index in [9.17, 15) is 12.8 Å². The molecule has 3 rings (SSSR count). The molecule has 8 heteroatoms. The van der Waals surface area contributed by atoms with Crippen molar-refractivity contribution in [2.75, 3.05) is 6.26 Å². The highest BCUT2D eigenvalue weighted by molar-refractivity contribution is 7.88. The lowest BCUT2D eigenvalue weighted by Gasteiger charge is -2.22. The van der Waals surface area contributed by atoms with Crippen molar-refractivity contribution < 1.29 is 17.2 Å². The second kappa shape index (κ2) is 5.40. The molecule has 2 heterocycles. The quantitative estimate of drug-likeness (QED) is 0.860. The Morgan fingerprint density at radius 1 is 1.36 bits per heavy atom. The summed E-state index contributed by atoms with van der Waals surface area (Å²) in [7, 11) is -3.68. The number of hydrogen-bond donors (Lipinski definition) is 0. The molecule has 0 aliphatic carbocycles. The Morgan fingerprint density at radius 2 is 2.14 bits per heavy atom. The fourth-order valence-electron chi connectivity index (χ4n) is 2.43. The fourth-order valence-corrected chi connectivity index (χ4v) is 3.61. The largest absolute Gasteiger partial charge is 0.463 e. The molecular weight excluding hydrogens is 331 g/mol. The van der Waals surface area contributed by atoms with Crippen LogP contribution in [0.1, 0.15) is 23.8 Å². The third-order valence-electron chi connectivity index (χ3n) is 3.35. The number of halogens is 2. The SMILES string of the molecule is CS(=O)(=O)N1N=C(c2ccco2)C[C@H]1c1c(F)cccc1Cl. The summed E-state index contributed by atoms with van der Waals surface area (Å²) in [6, 6.07) is 6.74. The van der Waals surface area contributed by atoms with Gasteiger partial charge in [0.15, 0.2) is 0 Å². The lowest BCUT2D eigenvalue weighted by atomic mass is 10.0. The van der Waals surface area contributed by atoms with E-state index in [1.165, 1.54) is 24.5 Å². The molecule has 0 N–H and O–H groups in total. The van der Waals surface area contributed by atoms with Crippen LogP contribution in [0, 0.1) is 5.82 Å². The molecule has 0 unspecified atom stereocenters. The molecule has 0 saturated heterocycles. The molecule has 22 heavy (non-hydrogen) atoms. The van der Waals surface area contributed by atoms with E-state index in [1.54, 1.807) is 12.1 Å². The Kier molecular flexibility index (Phi) is 3.70. The van der Waals surface area contributed by atoms with Crippen LogP contribution >= 0.6 is 11.6 Å². The average Bonchev–Trinajstić information content (AvgIpc) is 3.06. The second-order valence-corrected chi connectivity index (χ2v) is 7.16. The minimum absolute atomic E-state index is 0.111. The van der Waals surface area contributed by atoms with Gasteiger partial charge in [-0.15, -0.1) is 0 Å². The first-order valence-corrected chi connectivity index (χ1v) is 8.65. The molecular formula is C14H12ClFN2O3S. The Bertz CT molecular complexity index is 814. The van der Waals surface area contributed by atoms with Crippen molar-refractivity contribution in [2.45, 2.75) is 12.5 Å². The van der Waals surface area contributed by atoms with Gasteiger partial charge in [0.05, 0.1) is 18.6 Å². The van der Waals surface area contributed by atoms with Crippen molar-refractivity contribution in [1.29, 1.82) is 0 Å². The number of benzene rings is 1. The Hall–Kier alpha value is -1.86. The predicted molar refractivity (Wildman–Crippen MR) is 80.7 cm³/mol. The molecule has 5 nitrogen and oxygen atoms in total. The standard InChI is InChI=1S/C14H12ClFN2O3S/c1-22(19,20)18-12(14-9(15)4-2-5-10(14)16)8-11(17-18)13-6-3-7-21-13/h2-7,12H,8H2,1H3/t12-/m0/s1. The van der Waals surface area contributed by atoms with Crippen LogP contribution in [0.15, 0.2) is 46.1 Å². The summed E-state index contributed by atoms with van der Waals surface area (Å²) in [6.07, 6.45) is 2.66. The number of furan rings is 1. The summed E-state index contributed by atoms with van der Waals surface area (Å²) in [4.78, 5) is 0. The van der Waals surface area contributed by atoms with E-state index < -0.39 is 21.9 Å². The topological polar surface area (TPSA) is 62.9 Å². The normalized spacial score (nSPS) is 18.6. The summed E-state index contributed by atoms with van der Waals surface area (Å²) in [5.41, 5.74) is 0.541. The van der Waals surface area contributed by atoms with E-state index in [0.717, 1.165) is 10.7 Å². The van der Waals surface area contributed by atoms with E-state index >= 15 is 0 Å². The summed E-state index contributed by atoms with van der Waals surface area (Å²) >= 11 is 6.06. The van der Waals surface area contributed by atoms with Gasteiger partial charge in [0.25, 0.3) is 0 Å². The van der Waals surface area contributed by atoms with Crippen molar-refractivity contribution in [1.82, 2.24) is 4.41 Å². The highest BCUT2D eigenvalue weighted by Gasteiger charge is 2.37. The van der Waals surface area contributed by atoms with E-state index in [2.05, 4.69) is 5.10 Å². The molecule has 0 spiro atoms. The zero-order valence-corrected chi connectivity index (χ0v) is 13.1. The monoisotopic (exact) mass is 342 g/mol. The third-order valence-corrected chi connectivity index (χ3v) is 4.70. The van der Waals surface area contributed by atoms with Crippen LogP contribution in [0.4, 0.5) is 4.39 Å². The maximum Gasteiger partial charge on any atom is 0.247 e. The van der Waals surface area contributed by atoms with Gasteiger partial charge in [0.1, 0.15) is 17.3 Å². The van der Waals surface area contributed by atoms with Crippen LogP contribution < -0.4 is 0 Å². The number of hydrazone groups is 1. The lowest BCUT2D eigenvalue weighted by molar-refractivity contribution is 0.365. The summed E-state index contributed by atoms with van der Waals surface area (Å²) in [6.45, 7) is 0. The highest BCUT2D eigenvalue weighted by Crippen LogP contribution is 2.39. The third kappa shape index (κ3) is 2.62. The molecule has 0 fully saturated rings. The van der Waals surface area contributed by atoms with Gasteiger partial charge in [-0.1, -0.05) is 17.7 Å². The number of hydrogen-bond acceptors (Lipinski definition) is 4. The fraction of sp³-hybridized carbons (Fsp3) is 0.214. The van der Waals surface area contributed by atoms with E-state index in [1.807, 2.05) is 0 Å². The summed E-state index contributed by atoms with van der Waals surface area (Å²) < 4.78 is 44.2. The van der Waals surface area contributed by atoms with Crippen LogP contribution in [0.5, 0.6) is 0 Å². The minimum atomic E-state index is -3.68. The van der Waals surface area contributed by atoms with Gasteiger partial charge in [0, 0.05) is 17.0 Å². The first-order chi connectivity index (χ1) is 10.4. The summed E-state index contributed by atoms with van der Waals surface area (Å²) in [5, 5.41) is 4.25. The van der Waals surface area contributed by atoms with Crippen LogP contribution in [0.25, 0.3) is 0 Å². The summed E-state index contributed by atoms with van der Waals surface area (Å²) in [5.74, 6) is -0.120. The zero-order valence-electron chi connectivity index (χ0n) is 11.5. The molecule has 0 amide bonds. The first kappa shape index (κ1) is 15.1. The lowest BCUT2D eigenvalue weighted by Crippen LogP contribution is -2.26. The molecule has 0 saturated carbocycles. The van der Waals surface area contributed by atoms with Gasteiger partial charge in [-0.05, 0) is 24.3 Å².